The second-order valence-corrected chi connectivity index (χ2v) is 23.8. The van der Waals surface area contributed by atoms with Crippen LogP contribution in [0.2, 0.25) is 0 Å². The van der Waals surface area contributed by atoms with Crippen LogP contribution in [0.25, 0.3) is 11.2 Å². The van der Waals surface area contributed by atoms with E-state index >= 15 is 0 Å². The van der Waals surface area contributed by atoms with Crippen molar-refractivity contribution in [2.45, 2.75) is 98.2 Å². The fraction of sp³-hybridized carbons (Fsp3) is 0.541. The van der Waals surface area contributed by atoms with Crippen LogP contribution < -0.4 is 45.4 Å². The number of aliphatic hydroxyl groups excluding tert-OH is 5. The van der Waals surface area contributed by atoms with Gasteiger partial charge < -0.3 is 86.1 Å². The van der Waals surface area contributed by atoms with Gasteiger partial charge in [-0.3, -0.25) is 69.5 Å². The molecule has 0 amide bonds. The number of aliphatic hydroxyl groups is 5. The molecule has 18 N–H and O–H groups in total. The topological polar surface area (TPSA) is 638 Å². The molecule has 0 saturated carbocycles. The molecule has 47 heteroatoms. The predicted molar refractivity (Wildman–Crippen MR) is 265 cm³/mol. The van der Waals surface area contributed by atoms with Gasteiger partial charge >= 0.3 is 48.4 Å². The minimum atomic E-state index is -5.82. The number of phosphoric ester groups is 4. The molecule has 9 rings (SSSR count). The van der Waals surface area contributed by atoms with E-state index in [2.05, 4.69) is 24.9 Å². The first-order chi connectivity index (χ1) is 39.3. The number of hydrogen-bond acceptors (Lipinski definition) is 32. The summed E-state index contributed by atoms with van der Waals surface area (Å²) in [5, 5.41) is 55.2. The number of aromatic nitrogens is 10. The number of nitrogens with one attached hydrogen (secondary N) is 2. The van der Waals surface area contributed by atoms with Crippen LogP contribution in [0.5, 0.6) is 0 Å². The van der Waals surface area contributed by atoms with Gasteiger partial charge in [0.15, 0.2) is 36.1 Å². The summed E-state index contributed by atoms with van der Waals surface area (Å²) in [5.74, 6) is -0.963. The minimum absolute atomic E-state index is 0.215. The lowest BCUT2D eigenvalue weighted by atomic mass is 10.1. The van der Waals surface area contributed by atoms with Crippen LogP contribution >= 0.6 is 31.3 Å². The Hall–Kier alpha value is -5.73. The molecule has 4 fully saturated rings. The molecule has 0 bridgehead atoms. The molecule has 0 aliphatic carbocycles. The molecular formula is C37H49N13O30P4. The van der Waals surface area contributed by atoms with Gasteiger partial charge in [-0.1, -0.05) is 0 Å². The predicted octanol–water partition coefficient (Wildman–Crippen LogP) is -7.06. The van der Waals surface area contributed by atoms with Crippen LogP contribution in [0, 0.1) is 0 Å². The molecule has 0 aromatic carbocycles. The number of H-pyrrole nitrogens is 2. The molecule has 19 atom stereocenters. The van der Waals surface area contributed by atoms with Crippen molar-refractivity contribution in [1.29, 1.82) is 0 Å². The zero-order valence-electron chi connectivity index (χ0n) is 41.8. The lowest BCUT2D eigenvalue weighted by molar-refractivity contribution is -0.0653. The van der Waals surface area contributed by atoms with Gasteiger partial charge in [-0.05, 0) is 12.1 Å². The molecule has 3 unspecified atom stereocenters. The van der Waals surface area contributed by atoms with Crippen molar-refractivity contribution in [3.05, 3.63) is 95.3 Å². The minimum Gasteiger partial charge on any atom is -0.394 e. The van der Waals surface area contributed by atoms with Crippen LogP contribution in [0.1, 0.15) is 24.9 Å². The van der Waals surface area contributed by atoms with E-state index < -0.39 is 190 Å². The summed E-state index contributed by atoms with van der Waals surface area (Å²) in [7, 11) is -22.7. The number of nitrogens with two attached hydrogens (primary N) is 3. The molecule has 5 aromatic rings. The Labute approximate surface area is 463 Å². The van der Waals surface area contributed by atoms with Crippen LogP contribution in [0.15, 0.2) is 67.1 Å². The van der Waals surface area contributed by atoms with Crippen molar-refractivity contribution in [2.24, 2.45) is 0 Å². The van der Waals surface area contributed by atoms with Crippen LogP contribution in [0.4, 0.5) is 17.6 Å². The average Bonchev–Trinajstić information content (AvgIpc) is 2.31. The van der Waals surface area contributed by atoms with Crippen molar-refractivity contribution in [3.8, 4) is 0 Å². The van der Waals surface area contributed by atoms with E-state index in [0.29, 0.717) is 9.13 Å². The standard InChI is InChI=1S/C37H49N13O30P4/c38-16-1-4-47(35(58)42-16)30-20(53)24(12(7-51)73-30)78-82(64,65)71-9-14-26(22(55)31(74-14)48-5-2-17(39)43-36(48)59)79-84(68,69)72-10-15-27(23(56)32(75-15)49-6-3-18(52)44-37(49)60)80-83(66,67)70-8-13-25(77-81(61,62)63)21(54)33(76-13)50-11-41-19-28(50)45-34(40)46-29(19)57/h1-6,11-15,20-27,30-33,51,53-56H,7-10H2,(H,64,65)(H,66,67)(H,68,69)(H2,38,42,58)(H2,39,43,59)(H,44,52,60)(H2,61,62,63)(H3,40,45,46,57)/t12-,13-,14-,15-,20-,21-,22-,23-,24-,25-,26-,27-,30-,31-,32-,33-/m1/s1. The largest absolute Gasteiger partial charge is 0.472 e. The second-order valence-electron chi connectivity index (χ2n) is 18.3. The average molecular weight is 1280 g/mol. The first-order valence-corrected chi connectivity index (χ1v) is 29.7. The SMILES string of the molecule is Nc1ccn([C@@H]2O[C@H](CO)[C@@H](OP(=O)(O)OC[C@H]3O[C@@H](n4ccc(N)nc4=O)[C@H](O)[C@@H]3OP(=O)(O)OC[C@H]3O[C@@H](n4ccc(=O)[nH]c4=O)[C@H](O)[C@@H]3OP(=O)(O)OC[C@H]3O[C@@H](n4cnc5c(=O)[nH]c(N)nc54)[C@H](O)[C@@H]3OP(=O)(O)O)[C@H]2O)c(=O)n1. The lowest BCUT2D eigenvalue weighted by Gasteiger charge is -2.26. The van der Waals surface area contributed by atoms with Crippen LogP contribution in [0.3, 0.4) is 0 Å². The van der Waals surface area contributed by atoms with E-state index in [0.717, 1.165) is 52.3 Å². The highest BCUT2D eigenvalue weighted by atomic mass is 31.2. The highest BCUT2D eigenvalue weighted by Crippen LogP contribution is 2.54. The number of hydrogen-bond donors (Lipinski definition) is 15. The number of fused-ring (bicyclic) bond motifs is 1. The maximum atomic E-state index is 13.9. The van der Waals surface area contributed by atoms with Gasteiger partial charge in [0.25, 0.3) is 11.1 Å². The molecule has 84 heavy (non-hydrogen) atoms. The van der Waals surface area contributed by atoms with Crippen LogP contribution in [-0.2, 0) is 68.9 Å². The van der Waals surface area contributed by atoms with E-state index in [1.807, 2.05) is 4.98 Å². The second kappa shape index (κ2) is 24.2. The number of anilines is 3. The Morgan fingerprint density at radius 2 is 0.929 bits per heavy atom. The van der Waals surface area contributed by atoms with E-state index in [4.69, 9.17) is 67.8 Å². The van der Waals surface area contributed by atoms with Crippen molar-refractivity contribution in [2.75, 3.05) is 43.6 Å². The van der Waals surface area contributed by atoms with E-state index in [-0.39, 0.29) is 22.8 Å². The maximum absolute atomic E-state index is 13.9. The molecule has 0 spiro atoms. The molecule has 4 aliphatic heterocycles. The smallest absolute Gasteiger partial charge is 0.394 e. The zero-order chi connectivity index (χ0) is 61.1. The van der Waals surface area contributed by atoms with Gasteiger partial charge in [0, 0.05) is 24.7 Å². The highest BCUT2D eigenvalue weighted by molar-refractivity contribution is 7.48. The number of nitrogen functional groups attached to an aromatic ring is 3. The van der Waals surface area contributed by atoms with E-state index in [1.54, 1.807) is 0 Å². The lowest BCUT2D eigenvalue weighted by Crippen LogP contribution is -2.39. The highest BCUT2D eigenvalue weighted by Gasteiger charge is 2.55. The van der Waals surface area contributed by atoms with Gasteiger partial charge in [-0.25, -0.2) is 37.6 Å². The van der Waals surface area contributed by atoms with Crippen molar-refractivity contribution < 1.29 is 119 Å². The molecular weight excluding hydrogens is 1230 g/mol. The summed E-state index contributed by atoms with van der Waals surface area (Å²) in [6.45, 7) is -4.91. The maximum Gasteiger partial charge on any atom is 0.472 e. The molecule has 462 valence electrons. The Balaban J connectivity index is 0.923. The number of rotatable bonds is 22. The summed E-state index contributed by atoms with van der Waals surface area (Å²) in [6, 6.07) is 2.99. The monoisotopic (exact) mass is 1280 g/mol. The fourth-order valence-electron chi connectivity index (χ4n) is 9.08. The van der Waals surface area contributed by atoms with E-state index in [9.17, 15) is 92.2 Å². The normalized spacial score (nSPS) is 32.2. The van der Waals surface area contributed by atoms with Crippen molar-refractivity contribution in [3.63, 3.8) is 0 Å². The molecule has 43 nitrogen and oxygen atoms in total. The first-order valence-electron chi connectivity index (χ1n) is 23.7. The van der Waals surface area contributed by atoms with Crippen LogP contribution in [-0.4, -0.2) is 198 Å². The molecule has 4 saturated heterocycles. The van der Waals surface area contributed by atoms with Crippen molar-refractivity contribution >= 4 is 60.0 Å². The summed E-state index contributed by atoms with van der Waals surface area (Å²) in [6.07, 6.45) is -28.7. The number of nitrogens with zero attached hydrogens (tertiary/aromatic N) is 8. The summed E-state index contributed by atoms with van der Waals surface area (Å²) >= 11 is 0. The molecule has 4 aliphatic rings. The van der Waals surface area contributed by atoms with Gasteiger partial charge in [-0.15, -0.1) is 0 Å². The Kier molecular flexibility index (Phi) is 18.1. The summed E-state index contributed by atoms with van der Waals surface area (Å²) < 4.78 is 114. The molecule has 9 heterocycles. The third kappa shape index (κ3) is 13.6. The molecule has 0 radical (unpaired) electrons. The third-order valence-electron chi connectivity index (χ3n) is 12.7. The summed E-state index contributed by atoms with van der Waals surface area (Å²) in [5.41, 5.74) is 10.8. The van der Waals surface area contributed by atoms with E-state index in [1.165, 1.54) is 0 Å². The summed E-state index contributed by atoms with van der Waals surface area (Å²) in [4.78, 5) is 134. The number of aromatic amines is 2. The number of phosphoric acid groups is 4. The van der Waals surface area contributed by atoms with Gasteiger partial charge in [0.05, 0.1) is 32.8 Å². The Bertz CT molecular complexity index is 3770. The van der Waals surface area contributed by atoms with Gasteiger partial charge in [0.1, 0.15) is 84.9 Å². The first kappa shape index (κ1) is 62.8. The zero-order valence-corrected chi connectivity index (χ0v) is 45.4. The Morgan fingerprint density at radius 3 is 1.35 bits per heavy atom. The number of imidazole rings is 1. The van der Waals surface area contributed by atoms with Crippen molar-refractivity contribution in [1.82, 2.24) is 48.2 Å². The molecule has 5 aromatic heterocycles. The van der Waals surface area contributed by atoms with Gasteiger partial charge in [-0.2, -0.15) is 15.0 Å². The quantitative estimate of drug-likeness (QED) is 0.0286. The Morgan fingerprint density at radius 1 is 0.536 bits per heavy atom. The van der Waals surface area contributed by atoms with Gasteiger partial charge in [0.2, 0.25) is 5.95 Å². The fourth-order valence-corrected chi connectivity index (χ4v) is 12.5. The number of ether oxygens (including phenoxy) is 4. The third-order valence-corrected chi connectivity index (χ3v) is 16.2.